The van der Waals surface area contributed by atoms with Gasteiger partial charge in [-0.25, -0.2) is 0 Å². The Morgan fingerprint density at radius 2 is 1.69 bits per heavy atom. The van der Waals surface area contributed by atoms with Gasteiger partial charge in [0.1, 0.15) is 0 Å². The highest BCUT2D eigenvalue weighted by Gasteiger charge is 2.11. The predicted molar refractivity (Wildman–Crippen MR) is 105 cm³/mol. The Hall–Kier alpha value is -2.33. The van der Waals surface area contributed by atoms with Gasteiger partial charge in [0.25, 0.3) is 0 Å². The van der Waals surface area contributed by atoms with E-state index >= 15 is 0 Å². The average Bonchev–Trinajstić information content (AvgIpc) is 2.62. The summed E-state index contributed by atoms with van der Waals surface area (Å²) in [5, 5.41) is 3.60. The van der Waals surface area contributed by atoms with Crippen LogP contribution in [0.5, 0.6) is 0 Å². The molecule has 2 aromatic rings. The molecule has 4 nitrogen and oxygen atoms in total. The standard InChI is InChI=1S/C21H25ClN2O2/c1-17(25)24(14-11-18-6-3-2-4-7-18)15-12-21(26)23-13-10-19-8-5-9-20(22)16-19/h2-9,16H,10-15H2,1H3,(H,23,26). The van der Waals surface area contributed by atoms with Gasteiger partial charge in [-0.1, -0.05) is 54.1 Å². The van der Waals surface area contributed by atoms with Gasteiger partial charge in [-0.3, -0.25) is 9.59 Å². The zero-order chi connectivity index (χ0) is 18.8. The first-order chi connectivity index (χ1) is 12.5. The van der Waals surface area contributed by atoms with E-state index in [4.69, 9.17) is 11.6 Å². The van der Waals surface area contributed by atoms with Gasteiger partial charge in [-0.15, -0.1) is 0 Å². The molecule has 1 N–H and O–H groups in total. The van der Waals surface area contributed by atoms with Crippen LogP contribution in [0.1, 0.15) is 24.5 Å². The Morgan fingerprint density at radius 1 is 0.962 bits per heavy atom. The van der Waals surface area contributed by atoms with E-state index in [1.54, 1.807) is 11.8 Å². The van der Waals surface area contributed by atoms with Gasteiger partial charge in [0, 0.05) is 38.0 Å². The topological polar surface area (TPSA) is 49.4 Å². The number of nitrogens with zero attached hydrogens (tertiary/aromatic N) is 1. The Kier molecular flexibility index (Phi) is 8.16. The third kappa shape index (κ3) is 7.28. The maximum Gasteiger partial charge on any atom is 0.221 e. The van der Waals surface area contributed by atoms with Crippen molar-refractivity contribution in [3.8, 4) is 0 Å². The van der Waals surface area contributed by atoms with Gasteiger partial charge in [0.05, 0.1) is 0 Å². The first-order valence-corrected chi connectivity index (χ1v) is 9.23. The molecule has 0 radical (unpaired) electrons. The van der Waals surface area contributed by atoms with Crippen LogP contribution in [0.2, 0.25) is 5.02 Å². The lowest BCUT2D eigenvalue weighted by atomic mass is 10.1. The number of hydrogen-bond donors (Lipinski definition) is 1. The smallest absolute Gasteiger partial charge is 0.221 e. The van der Waals surface area contributed by atoms with Crippen LogP contribution < -0.4 is 5.32 Å². The highest BCUT2D eigenvalue weighted by Crippen LogP contribution is 2.10. The number of carbonyl (C=O) groups is 2. The Morgan fingerprint density at radius 3 is 2.38 bits per heavy atom. The van der Waals surface area contributed by atoms with Crippen LogP contribution in [0.4, 0.5) is 0 Å². The number of benzene rings is 2. The Balaban J connectivity index is 1.70. The summed E-state index contributed by atoms with van der Waals surface area (Å²) in [6, 6.07) is 17.6. The van der Waals surface area contributed by atoms with Crippen molar-refractivity contribution >= 4 is 23.4 Å². The third-order valence-corrected chi connectivity index (χ3v) is 4.43. The first kappa shape index (κ1) is 20.0. The van der Waals surface area contributed by atoms with Crippen molar-refractivity contribution in [3.63, 3.8) is 0 Å². The molecule has 0 aliphatic rings. The van der Waals surface area contributed by atoms with E-state index in [0.29, 0.717) is 31.1 Å². The molecule has 2 amide bonds. The van der Waals surface area contributed by atoms with Crippen molar-refractivity contribution in [3.05, 3.63) is 70.7 Å². The maximum atomic E-state index is 12.0. The lowest BCUT2D eigenvalue weighted by molar-refractivity contribution is -0.129. The van der Waals surface area contributed by atoms with Crippen LogP contribution in [0.3, 0.4) is 0 Å². The van der Waals surface area contributed by atoms with Crippen LogP contribution in [-0.4, -0.2) is 36.3 Å². The van der Waals surface area contributed by atoms with E-state index in [-0.39, 0.29) is 11.8 Å². The SMILES string of the molecule is CC(=O)N(CCC(=O)NCCc1cccc(Cl)c1)CCc1ccccc1. The van der Waals surface area contributed by atoms with Crippen molar-refractivity contribution < 1.29 is 9.59 Å². The van der Waals surface area contributed by atoms with E-state index in [0.717, 1.165) is 18.4 Å². The summed E-state index contributed by atoms with van der Waals surface area (Å²) in [5.41, 5.74) is 2.27. The zero-order valence-corrected chi connectivity index (χ0v) is 15.8. The summed E-state index contributed by atoms with van der Waals surface area (Å²) in [6.07, 6.45) is 1.83. The van der Waals surface area contributed by atoms with E-state index in [1.807, 2.05) is 54.6 Å². The van der Waals surface area contributed by atoms with E-state index in [1.165, 1.54) is 5.56 Å². The molecule has 0 unspecified atom stereocenters. The number of hydrogen-bond acceptors (Lipinski definition) is 2. The lowest BCUT2D eigenvalue weighted by Gasteiger charge is -2.21. The fraction of sp³-hybridized carbons (Fsp3) is 0.333. The summed E-state index contributed by atoms with van der Waals surface area (Å²) in [5.74, 6) is -0.0503. The second-order valence-electron chi connectivity index (χ2n) is 6.22. The van der Waals surface area contributed by atoms with Crippen LogP contribution in [-0.2, 0) is 22.4 Å². The van der Waals surface area contributed by atoms with Gasteiger partial charge in [-0.2, -0.15) is 0 Å². The minimum absolute atomic E-state index is 0.00680. The second-order valence-corrected chi connectivity index (χ2v) is 6.66. The van der Waals surface area contributed by atoms with E-state index in [9.17, 15) is 9.59 Å². The molecular formula is C21H25ClN2O2. The number of halogens is 1. The minimum Gasteiger partial charge on any atom is -0.356 e. The molecule has 0 spiro atoms. The molecule has 5 heteroatoms. The van der Waals surface area contributed by atoms with Gasteiger partial charge < -0.3 is 10.2 Å². The molecule has 0 aliphatic carbocycles. The Bertz CT molecular complexity index is 719. The monoisotopic (exact) mass is 372 g/mol. The summed E-state index contributed by atoms with van der Waals surface area (Å²) >= 11 is 5.95. The van der Waals surface area contributed by atoms with Gasteiger partial charge >= 0.3 is 0 Å². The van der Waals surface area contributed by atoms with Gasteiger partial charge in [-0.05, 0) is 36.1 Å². The molecule has 0 fully saturated rings. The molecule has 2 aromatic carbocycles. The number of amides is 2. The molecule has 138 valence electrons. The van der Waals surface area contributed by atoms with Crippen LogP contribution in [0, 0.1) is 0 Å². The molecule has 2 rings (SSSR count). The van der Waals surface area contributed by atoms with Crippen molar-refractivity contribution in [1.82, 2.24) is 10.2 Å². The Labute approximate surface area is 160 Å². The van der Waals surface area contributed by atoms with Crippen LogP contribution in [0.15, 0.2) is 54.6 Å². The van der Waals surface area contributed by atoms with Gasteiger partial charge in [0.2, 0.25) is 11.8 Å². The first-order valence-electron chi connectivity index (χ1n) is 8.85. The molecule has 0 saturated heterocycles. The largest absolute Gasteiger partial charge is 0.356 e. The fourth-order valence-corrected chi connectivity index (χ4v) is 2.91. The van der Waals surface area contributed by atoms with Crippen molar-refractivity contribution in [1.29, 1.82) is 0 Å². The molecule has 0 saturated carbocycles. The third-order valence-electron chi connectivity index (χ3n) is 4.19. The highest BCUT2D eigenvalue weighted by molar-refractivity contribution is 6.30. The maximum absolute atomic E-state index is 12.0. The normalized spacial score (nSPS) is 10.4. The molecule has 0 atom stereocenters. The summed E-state index contributed by atoms with van der Waals surface area (Å²) in [6.45, 7) is 3.16. The van der Waals surface area contributed by atoms with Gasteiger partial charge in [0.15, 0.2) is 0 Å². The summed E-state index contributed by atoms with van der Waals surface area (Å²) in [7, 11) is 0. The summed E-state index contributed by atoms with van der Waals surface area (Å²) in [4.78, 5) is 25.5. The van der Waals surface area contributed by atoms with Crippen molar-refractivity contribution in [2.45, 2.75) is 26.2 Å². The quantitative estimate of drug-likeness (QED) is 0.732. The number of nitrogens with one attached hydrogen (secondary N) is 1. The predicted octanol–water partition coefficient (Wildman–Crippen LogP) is 3.48. The molecule has 0 heterocycles. The summed E-state index contributed by atoms with van der Waals surface area (Å²) < 4.78 is 0. The van der Waals surface area contributed by atoms with E-state index < -0.39 is 0 Å². The van der Waals surface area contributed by atoms with Crippen molar-refractivity contribution in [2.24, 2.45) is 0 Å². The second kappa shape index (κ2) is 10.6. The molecule has 26 heavy (non-hydrogen) atoms. The van der Waals surface area contributed by atoms with Crippen LogP contribution >= 0.6 is 11.6 Å². The van der Waals surface area contributed by atoms with Crippen molar-refractivity contribution in [2.75, 3.05) is 19.6 Å². The number of carbonyl (C=O) groups excluding carboxylic acids is 2. The fourth-order valence-electron chi connectivity index (χ4n) is 2.70. The molecule has 0 bridgehead atoms. The molecule has 0 aromatic heterocycles. The number of rotatable bonds is 9. The minimum atomic E-state index is -0.0435. The average molecular weight is 373 g/mol. The molecular weight excluding hydrogens is 348 g/mol. The molecule has 0 aliphatic heterocycles. The lowest BCUT2D eigenvalue weighted by Crippen LogP contribution is -2.35. The zero-order valence-electron chi connectivity index (χ0n) is 15.1. The highest BCUT2D eigenvalue weighted by atomic mass is 35.5. The van der Waals surface area contributed by atoms with Crippen LogP contribution in [0.25, 0.3) is 0 Å². The van der Waals surface area contributed by atoms with E-state index in [2.05, 4.69) is 5.32 Å².